The molecule has 120 valence electrons. The molecule has 0 fully saturated rings. The number of carbonyl (C=O) groups is 1. The molecule has 3 rings (SSSR count). The van der Waals surface area contributed by atoms with Crippen LogP contribution in [0.3, 0.4) is 0 Å². The molecule has 0 aliphatic carbocycles. The van der Waals surface area contributed by atoms with Crippen LogP contribution in [0.4, 0.5) is 0 Å². The average molecular weight is 330 g/mol. The Balaban J connectivity index is 2.12. The monoisotopic (exact) mass is 330 g/mol. The van der Waals surface area contributed by atoms with Crippen LogP contribution < -0.4 is 4.74 Å². The molecule has 5 nitrogen and oxygen atoms in total. The highest BCUT2D eigenvalue weighted by atomic mass is 32.1. The molecule has 3 aromatic rings. The largest absolute Gasteiger partial charge is 0.494 e. The van der Waals surface area contributed by atoms with Crippen molar-refractivity contribution in [2.24, 2.45) is 0 Å². The van der Waals surface area contributed by atoms with Gasteiger partial charge in [-0.1, -0.05) is 11.3 Å². The van der Waals surface area contributed by atoms with E-state index >= 15 is 0 Å². The lowest BCUT2D eigenvalue weighted by atomic mass is 10.1. The van der Waals surface area contributed by atoms with Gasteiger partial charge in [-0.3, -0.25) is 4.40 Å². The molecule has 2 aromatic heterocycles. The first-order chi connectivity index (χ1) is 10.9. The summed E-state index contributed by atoms with van der Waals surface area (Å²) in [7, 11) is 0. The molecule has 1 aromatic carbocycles. The van der Waals surface area contributed by atoms with Crippen molar-refractivity contribution in [1.29, 1.82) is 0 Å². The number of aromatic nitrogens is 2. The van der Waals surface area contributed by atoms with E-state index in [1.807, 2.05) is 44.2 Å². The lowest BCUT2D eigenvalue weighted by Crippen LogP contribution is -1.98. The molecular formula is C17H18N2O3S. The van der Waals surface area contributed by atoms with Crippen molar-refractivity contribution < 1.29 is 14.6 Å². The molecule has 0 saturated heterocycles. The number of aromatic carboxylic acids is 1. The van der Waals surface area contributed by atoms with E-state index in [0.717, 1.165) is 34.0 Å². The fourth-order valence-electron chi connectivity index (χ4n) is 2.79. The maximum Gasteiger partial charge on any atom is 0.347 e. The molecule has 6 heteroatoms. The topological polar surface area (TPSA) is 63.8 Å². The molecule has 0 radical (unpaired) electrons. The zero-order chi connectivity index (χ0) is 16.7. The van der Waals surface area contributed by atoms with E-state index in [9.17, 15) is 9.90 Å². The Morgan fingerprint density at radius 1 is 1.30 bits per heavy atom. The standard InChI is InChI=1S/C17H18N2O3S/c1-5-22-13-7-6-12(8-9(13)2)14-10(3)19-11(4)15(16(20)21)23-17(19)18-14/h6-8H,5H2,1-4H3,(H,20,21). The molecule has 0 unspecified atom stereocenters. The maximum atomic E-state index is 11.3. The number of aryl methyl sites for hydroxylation is 3. The second-order valence-electron chi connectivity index (χ2n) is 5.40. The fraction of sp³-hybridized carbons (Fsp3) is 0.294. The van der Waals surface area contributed by atoms with E-state index in [0.29, 0.717) is 16.4 Å². The minimum absolute atomic E-state index is 0.338. The summed E-state index contributed by atoms with van der Waals surface area (Å²) in [6.07, 6.45) is 0. The number of thiazole rings is 1. The Labute approximate surface area is 138 Å². The summed E-state index contributed by atoms with van der Waals surface area (Å²) in [6, 6.07) is 6.00. The van der Waals surface area contributed by atoms with Crippen molar-refractivity contribution in [3.63, 3.8) is 0 Å². The van der Waals surface area contributed by atoms with Gasteiger partial charge in [0.2, 0.25) is 0 Å². The highest BCUT2D eigenvalue weighted by Crippen LogP contribution is 2.32. The predicted octanol–water partition coefficient (Wildman–Crippen LogP) is 4.08. The summed E-state index contributed by atoms with van der Waals surface area (Å²) in [6.45, 7) is 8.39. The van der Waals surface area contributed by atoms with Gasteiger partial charge in [-0.05, 0) is 51.5 Å². The molecule has 0 bridgehead atoms. The molecule has 1 N–H and O–H groups in total. The predicted molar refractivity (Wildman–Crippen MR) is 90.8 cm³/mol. The van der Waals surface area contributed by atoms with Crippen LogP contribution in [0.5, 0.6) is 5.75 Å². The number of ether oxygens (including phenoxy) is 1. The number of imidazole rings is 1. The van der Waals surface area contributed by atoms with E-state index in [2.05, 4.69) is 11.1 Å². The van der Waals surface area contributed by atoms with Crippen LogP contribution in [0.15, 0.2) is 18.2 Å². The lowest BCUT2D eigenvalue weighted by molar-refractivity contribution is 0.0701. The van der Waals surface area contributed by atoms with Gasteiger partial charge in [0.15, 0.2) is 4.96 Å². The minimum Gasteiger partial charge on any atom is -0.494 e. The van der Waals surface area contributed by atoms with Crippen LogP contribution in [0.25, 0.3) is 16.2 Å². The Bertz CT molecular complexity index is 908. The molecule has 0 spiro atoms. The van der Waals surface area contributed by atoms with E-state index in [1.165, 1.54) is 11.3 Å². The van der Waals surface area contributed by atoms with E-state index < -0.39 is 5.97 Å². The van der Waals surface area contributed by atoms with Gasteiger partial charge in [0.05, 0.1) is 12.3 Å². The van der Waals surface area contributed by atoms with Crippen molar-refractivity contribution in [2.45, 2.75) is 27.7 Å². The number of fused-ring (bicyclic) bond motifs is 1. The third-order valence-electron chi connectivity index (χ3n) is 3.88. The third kappa shape index (κ3) is 2.49. The number of carboxylic acids is 1. The number of hydrogen-bond donors (Lipinski definition) is 1. The Kier molecular flexibility index (Phi) is 3.85. The minimum atomic E-state index is -0.907. The van der Waals surface area contributed by atoms with Gasteiger partial charge >= 0.3 is 5.97 Å². The second-order valence-corrected chi connectivity index (χ2v) is 6.38. The first kappa shape index (κ1) is 15.6. The first-order valence-corrected chi connectivity index (χ1v) is 8.21. The Hall–Kier alpha value is -2.34. The summed E-state index contributed by atoms with van der Waals surface area (Å²) in [5.74, 6) is -0.0323. The molecule has 23 heavy (non-hydrogen) atoms. The van der Waals surface area contributed by atoms with E-state index in [1.54, 1.807) is 0 Å². The van der Waals surface area contributed by atoms with Gasteiger partial charge in [-0.15, -0.1) is 0 Å². The van der Waals surface area contributed by atoms with Crippen LogP contribution >= 0.6 is 11.3 Å². The van der Waals surface area contributed by atoms with Gasteiger partial charge < -0.3 is 9.84 Å². The van der Waals surface area contributed by atoms with Gasteiger partial charge in [0.1, 0.15) is 10.6 Å². The smallest absolute Gasteiger partial charge is 0.347 e. The number of benzene rings is 1. The number of hydrogen-bond acceptors (Lipinski definition) is 4. The molecule has 2 heterocycles. The Morgan fingerprint density at radius 2 is 2.04 bits per heavy atom. The van der Waals surface area contributed by atoms with Crippen LogP contribution in [0.1, 0.15) is 33.5 Å². The SMILES string of the molecule is CCOc1ccc(-c2nc3sc(C(=O)O)c(C)n3c2C)cc1C. The zero-order valence-corrected chi connectivity index (χ0v) is 14.3. The quantitative estimate of drug-likeness (QED) is 0.783. The summed E-state index contributed by atoms with van der Waals surface area (Å²) >= 11 is 1.20. The van der Waals surface area contributed by atoms with Crippen LogP contribution in [0, 0.1) is 20.8 Å². The number of rotatable bonds is 4. The fourth-order valence-corrected chi connectivity index (χ4v) is 3.80. The zero-order valence-electron chi connectivity index (χ0n) is 13.5. The summed E-state index contributed by atoms with van der Waals surface area (Å²) < 4.78 is 7.49. The van der Waals surface area contributed by atoms with Gasteiger partial charge in [0.25, 0.3) is 0 Å². The molecule has 0 aliphatic rings. The third-order valence-corrected chi connectivity index (χ3v) is 5.01. The number of carboxylic acid groups (broad SMARTS) is 1. The van der Waals surface area contributed by atoms with Crippen LogP contribution in [-0.2, 0) is 0 Å². The molecule has 0 amide bonds. The lowest BCUT2D eigenvalue weighted by Gasteiger charge is -2.08. The van der Waals surface area contributed by atoms with Crippen molar-refractivity contribution in [1.82, 2.24) is 9.38 Å². The average Bonchev–Trinajstić information content (AvgIpc) is 2.99. The van der Waals surface area contributed by atoms with Gasteiger partial charge in [-0.2, -0.15) is 0 Å². The number of nitrogens with zero attached hydrogens (tertiary/aromatic N) is 2. The van der Waals surface area contributed by atoms with E-state index in [-0.39, 0.29) is 0 Å². The molecule has 0 atom stereocenters. The second kappa shape index (κ2) is 5.70. The van der Waals surface area contributed by atoms with Gasteiger partial charge in [-0.25, -0.2) is 9.78 Å². The van der Waals surface area contributed by atoms with Crippen molar-refractivity contribution in [2.75, 3.05) is 6.61 Å². The molecule has 0 saturated carbocycles. The van der Waals surface area contributed by atoms with Crippen molar-refractivity contribution >= 4 is 22.3 Å². The summed E-state index contributed by atoms with van der Waals surface area (Å²) in [4.78, 5) is 16.9. The van der Waals surface area contributed by atoms with Gasteiger partial charge in [0, 0.05) is 17.0 Å². The van der Waals surface area contributed by atoms with Crippen LogP contribution in [-0.4, -0.2) is 27.1 Å². The highest BCUT2D eigenvalue weighted by Gasteiger charge is 2.20. The summed E-state index contributed by atoms with van der Waals surface area (Å²) in [5.41, 5.74) is 4.61. The first-order valence-electron chi connectivity index (χ1n) is 7.39. The molecular weight excluding hydrogens is 312 g/mol. The van der Waals surface area contributed by atoms with Crippen molar-refractivity contribution in [3.05, 3.63) is 40.0 Å². The summed E-state index contributed by atoms with van der Waals surface area (Å²) in [5, 5.41) is 9.24. The van der Waals surface area contributed by atoms with Crippen LogP contribution in [0.2, 0.25) is 0 Å². The van der Waals surface area contributed by atoms with E-state index in [4.69, 9.17) is 4.74 Å². The molecule has 0 aliphatic heterocycles. The highest BCUT2D eigenvalue weighted by molar-refractivity contribution is 7.19. The normalized spacial score (nSPS) is 11.1. The Morgan fingerprint density at radius 3 is 2.61 bits per heavy atom. The van der Waals surface area contributed by atoms with Crippen molar-refractivity contribution in [3.8, 4) is 17.0 Å². The maximum absolute atomic E-state index is 11.3.